The van der Waals surface area contributed by atoms with Gasteiger partial charge in [-0.25, -0.2) is 9.48 Å². The minimum absolute atomic E-state index is 0.0638. The first kappa shape index (κ1) is 19.3. The van der Waals surface area contributed by atoms with Gasteiger partial charge >= 0.3 is 5.97 Å². The van der Waals surface area contributed by atoms with E-state index in [0.29, 0.717) is 10.7 Å². The van der Waals surface area contributed by atoms with Crippen LogP contribution in [-0.4, -0.2) is 28.3 Å². The van der Waals surface area contributed by atoms with Crippen molar-refractivity contribution in [2.75, 3.05) is 11.9 Å². The third kappa shape index (κ3) is 5.28. The molecule has 1 heterocycles. The van der Waals surface area contributed by atoms with Crippen LogP contribution < -0.4 is 10.9 Å². The lowest BCUT2D eigenvalue weighted by Crippen LogP contribution is -2.26. The second kappa shape index (κ2) is 8.96. The zero-order chi connectivity index (χ0) is 19.9. The standard InChI is InChI=1S/C20H16ClN3O4/c21-15-7-4-8-16(11-15)22-18(25)13-28-20(27)17-9-10-19(26)24(23-17)12-14-5-2-1-3-6-14/h1-11H,12-13H2,(H,22,25). The van der Waals surface area contributed by atoms with E-state index < -0.39 is 18.5 Å². The van der Waals surface area contributed by atoms with Crippen LogP contribution in [-0.2, 0) is 16.1 Å². The highest BCUT2D eigenvalue weighted by Gasteiger charge is 2.14. The zero-order valence-corrected chi connectivity index (χ0v) is 15.4. The first-order valence-corrected chi connectivity index (χ1v) is 8.74. The van der Waals surface area contributed by atoms with Crippen LogP contribution in [0.2, 0.25) is 5.02 Å². The van der Waals surface area contributed by atoms with Crippen molar-refractivity contribution in [1.82, 2.24) is 9.78 Å². The molecule has 1 amide bonds. The summed E-state index contributed by atoms with van der Waals surface area (Å²) in [5.41, 5.74) is 0.941. The molecule has 3 aromatic rings. The van der Waals surface area contributed by atoms with Gasteiger partial charge in [0.2, 0.25) is 0 Å². The normalized spacial score (nSPS) is 10.3. The Morgan fingerprint density at radius 2 is 1.82 bits per heavy atom. The number of halogens is 1. The molecule has 0 aliphatic heterocycles. The Hall–Kier alpha value is -3.45. The summed E-state index contributed by atoms with van der Waals surface area (Å²) >= 11 is 5.85. The molecule has 0 atom stereocenters. The molecule has 2 aromatic carbocycles. The Kier molecular flexibility index (Phi) is 6.18. The number of carbonyl (C=O) groups excluding carboxylic acids is 2. The van der Waals surface area contributed by atoms with E-state index in [1.54, 1.807) is 24.3 Å². The van der Waals surface area contributed by atoms with Gasteiger partial charge in [0.1, 0.15) is 0 Å². The zero-order valence-electron chi connectivity index (χ0n) is 14.7. The number of anilines is 1. The number of nitrogens with zero attached hydrogens (tertiary/aromatic N) is 2. The van der Waals surface area contributed by atoms with Gasteiger partial charge < -0.3 is 10.1 Å². The number of esters is 1. The van der Waals surface area contributed by atoms with Crippen LogP contribution in [0, 0.1) is 0 Å². The van der Waals surface area contributed by atoms with Gasteiger partial charge in [-0.1, -0.05) is 48.0 Å². The number of benzene rings is 2. The average Bonchev–Trinajstić information content (AvgIpc) is 2.68. The fourth-order valence-electron chi connectivity index (χ4n) is 2.40. The molecule has 0 aliphatic rings. The molecule has 0 unspecified atom stereocenters. The molecule has 0 bridgehead atoms. The Labute approximate surface area is 165 Å². The Morgan fingerprint density at radius 3 is 2.57 bits per heavy atom. The molecule has 0 radical (unpaired) electrons. The molecule has 3 rings (SSSR count). The van der Waals surface area contributed by atoms with Crippen LogP contribution >= 0.6 is 11.6 Å². The van der Waals surface area contributed by atoms with Crippen LogP contribution in [0.3, 0.4) is 0 Å². The summed E-state index contributed by atoms with van der Waals surface area (Å²) in [7, 11) is 0. The fourth-order valence-corrected chi connectivity index (χ4v) is 2.59. The van der Waals surface area contributed by atoms with E-state index in [4.69, 9.17) is 16.3 Å². The van der Waals surface area contributed by atoms with Crippen molar-refractivity contribution in [1.29, 1.82) is 0 Å². The Balaban J connectivity index is 1.62. The average molecular weight is 398 g/mol. The van der Waals surface area contributed by atoms with Gasteiger partial charge in [0, 0.05) is 16.8 Å². The molecule has 0 saturated heterocycles. The molecule has 0 saturated carbocycles. The number of hydrogen-bond acceptors (Lipinski definition) is 5. The van der Waals surface area contributed by atoms with Gasteiger partial charge in [0.05, 0.1) is 6.54 Å². The number of carbonyl (C=O) groups is 2. The Morgan fingerprint density at radius 1 is 1.04 bits per heavy atom. The van der Waals surface area contributed by atoms with Crippen molar-refractivity contribution in [2.45, 2.75) is 6.54 Å². The van der Waals surface area contributed by atoms with Gasteiger partial charge in [-0.2, -0.15) is 5.10 Å². The second-order valence-corrected chi connectivity index (χ2v) is 6.27. The number of nitrogens with one attached hydrogen (secondary N) is 1. The van der Waals surface area contributed by atoms with Gasteiger partial charge in [-0.3, -0.25) is 9.59 Å². The molecule has 28 heavy (non-hydrogen) atoms. The lowest BCUT2D eigenvalue weighted by Gasteiger charge is -2.08. The SMILES string of the molecule is O=C(COC(=O)c1ccc(=O)n(Cc2ccccc2)n1)Nc1cccc(Cl)c1. The molecule has 0 spiro atoms. The minimum atomic E-state index is -0.803. The quantitative estimate of drug-likeness (QED) is 0.646. The third-order valence-electron chi connectivity index (χ3n) is 3.69. The second-order valence-electron chi connectivity index (χ2n) is 5.83. The molecular formula is C20H16ClN3O4. The van der Waals surface area contributed by atoms with Crippen LogP contribution in [0.25, 0.3) is 0 Å². The van der Waals surface area contributed by atoms with Gasteiger partial charge in [0.25, 0.3) is 11.5 Å². The lowest BCUT2D eigenvalue weighted by molar-refractivity contribution is -0.119. The predicted molar refractivity (Wildman–Crippen MR) is 104 cm³/mol. The van der Waals surface area contributed by atoms with E-state index in [9.17, 15) is 14.4 Å². The van der Waals surface area contributed by atoms with Gasteiger partial charge in [-0.15, -0.1) is 0 Å². The van der Waals surface area contributed by atoms with Gasteiger partial charge in [-0.05, 0) is 29.8 Å². The molecule has 142 valence electrons. The van der Waals surface area contributed by atoms with E-state index in [0.717, 1.165) is 10.2 Å². The first-order valence-electron chi connectivity index (χ1n) is 8.36. The van der Waals surface area contributed by atoms with E-state index >= 15 is 0 Å². The fraction of sp³-hybridized carbons (Fsp3) is 0.100. The summed E-state index contributed by atoms with van der Waals surface area (Å²) in [6.07, 6.45) is 0. The van der Waals surface area contributed by atoms with Gasteiger partial charge in [0.15, 0.2) is 12.3 Å². The molecule has 1 aromatic heterocycles. The number of hydrogen-bond donors (Lipinski definition) is 1. The third-order valence-corrected chi connectivity index (χ3v) is 3.93. The summed E-state index contributed by atoms with van der Waals surface area (Å²) in [6, 6.07) is 18.3. The number of ether oxygens (including phenoxy) is 1. The summed E-state index contributed by atoms with van der Waals surface area (Å²) in [5.74, 6) is -1.32. The predicted octanol–water partition coefficient (Wildman–Crippen LogP) is 2.74. The highest BCUT2D eigenvalue weighted by atomic mass is 35.5. The van der Waals surface area contributed by atoms with Crippen molar-refractivity contribution in [2.24, 2.45) is 0 Å². The van der Waals surface area contributed by atoms with Crippen LogP contribution in [0.15, 0.2) is 71.5 Å². The highest BCUT2D eigenvalue weighted by molar-refractivity contribution is 6.30. The maximum absolute atomic E-state index is 12.2. The maximum Gasteiger partial charge on any atom is 0.359 e. The van der Waals surface area contributed by atoms with E-state index in [1.807, 2.05) is 30.3 Å². The van der Waals surface area contributed by atoms with Crippen LogP contribution in [0.1, 0.15) is 16.1 Å². The minimum Gasteiger partial charge on any atom is -0.451 e. The summed E-state index contributed by atoms with van der Waals surface area (Å²) in [6.45, 7) is -0.277. The topological polar surface area (TPSA) is 90.3 Å². The largest absolute Gasteiger partial charge is 0.451 e. The smallest absolute Gasteiger partial charge is 0.359 e. The highest BCUT2D eigenvalue weighted by Crippen LogP contribution is 2.14. The van der Waals surface area contributed by atoms with Crippen molar-refractivity contribution in [3.05, 3.63) is 93.4 Å². The summed E-state index contributed by atoms with van der Waals surface area (Å²) in [4.78, 5) is 36.1. The molecular weight excluding hydrogens is 382 g/mol. The molecule has 8 heteroatoms. The van der Waals surface area contributed by atoms with E-state index in [-0.39, 0.29) is 17.8 Å². The summed E-state index contributed by atoms with van der Waals surface area (Å²) in [5, 5.41) is 7.06. The van der Waals surface area contributed by atoms with E-state index in [1.165, 1.54) is 12.1 Å². The summed E-state index contributed by atoms with van der Waals surface area (Å²) < 4.78 is 6.14. The molecule has 7 nitrogen and oxygen atoms in total. The number of amides is 1. The van der Waals surface area contributed by atoms with Crippen molar-refractivity contribution >= 4 is 29.2 Å². The van der Waals surface area contributed by atoms with Crippen molar-refractivity contribution in [3.8, 4) is 0 Å². The first-order chi connectivity index (χ1) is 13.5. The van der Waals surface area contributed by atoms with Crippen LogP contribution in [0.5, 0.6) is 0 Å². The molecule has 0 aliphatic carbocycles. The maximum atomic E-state index is 12.2. The number of rotatable bonds is 6. The Bertz CT molecular complexity index is 1050. The monoisotopic (exact) mass is 397 g/mol. The van der Waals surface area contributed by atoms with Crippen LogP contribution in [0.4, 0.5) is 5.69 Å². The molecule has 1 N–H and O–H groups in total. The molecule has 0 fully saturated rings. The van der Waals surface area contributed by atoms with E-state index in [2.05, 4.69) is 10.4 Å². The van der Waals surface area contributed by atoms with Crippen molar-refractivity contribution in [3.63, 3.8) is 0 Å². The van der Waals surface area contributed by atoms with Crippen molar-refractivity contribution < 1.29 is 14.3 Å². The lowest BCUT2D eigenvalue weighted by atomic mass is 10.2. The number of aromatic nitrogens is 2.